The summed E-state index contributed by atoms with van der Waals surface area (Å²) >= 11 is 0. The van der Waals surface area contributed by atoms with E-state index in [4.69, 9.17) is 5.73 Å². The van der Waals surface area contributed by atoms with Gasteiger partial charge in [0.05, 0.1) is 0 Å². The van der Waals surface area contributed by atoms with Crippen molar-refractivity contribution in [2.24, 2.45) is 5.73 Å². The summed E-state index contributed by atoms with van der Waals surface area (Å²) in [4.78, 5) is 0. The molecule has 2 nitrogen and oxygen atoms in total. The van der Waals surface area contributed by atoms with E-state index in [1.165, 1.54) is 0 Å². The number of rotatable bonds is 2. The lowest BCUT2D eigenvalue weighted by atomic mass is 10.8. The molecule has 4 heteroatoms. The minimum absolute atomic E-state index is 0. The van der Waals surface area contributed by atoms with Crippen molar-refractivity contribution in [3.05, 3.63) is 0 Å². The van der Waals surface area contributed by atoms with E-state index in [2.05, 4.69) is 0 Å². The van der Waals surface area contributed by atoms with E-state index in [1.54, 1.807) is 0 Å². The van der Waals surface area contributed by atoms with E-state index in [0.717, 1.165) is 0 Å². The van der Waals surface area contributed by atoms with Crippen molar-refractivity contribution in [3.63, 3.8) is 0 Å². The SMILES string of the molecule is Br.NCCP=O. The van der Waals surface area contributed by atoms with Crippen LogP contribution < -0.4 is 5.73 Å². The number of nitrogens with two attached hydrogens (primary N) is 1. The van der Waals surface area contributed by atoms with Crippen LogP contribution in [0.1, 0.15) is 0 Å². The molecule has 0 saturated carbocycles. The van der Waals surface area contributed by atoms with Gasteiger partial charge in [0.2, 0.25) is 0 Å². The van der Waals surface area contributed by atoms with Crippen LogP contribution in [-0.4, -0.2) is 12.7 Å². The second-order valence-corrected chi connectivity index (χ2v) is 1.35. The Labute approximate surface area is 49.1 Å². The fourth-order valence-electron chi connectivity index (χ4n) is 0.0527. The lowest BCUT2D eigenvalue weighted by molar-refractivity contribution is 0.598. The fraction of sp³-hybridized carbons (Fsp3) is 1.00. The van der Waals surface area contributed by atoms with Crippen molar-refractivity contribution in [2.75, 3.05) is 12.7 Å². The molecule has 0 unspecified atom stereocenters. The number of hydrogen-bond donors (Lipinski definition) is 1. The summed E-state index contributed by atoms with van der Waals surface area (Å²) in [5.74, 6) is 0. The lowest BCUT2D eigenvalue weighted by Gasteiger charge is -1.68. The van der Waals surface area contributed by atoms with Gasteiger partial charge in [-0.15, -0.1) is 17.0 Å². The Morgan fingerprint density at radius 2 is 2.17 bits per heavy atom. The highest BCUT2D eigenvalue weighted by molar-refractivity contribution is 8.93. The van der Waals surface area contributed by atoms with E-state index < -0.39 is 0 Å². The Morgan fingerprint density at radius 1 is 1.67 bits per heavy atom. The maximum absolute atomic E-state index is 9.42. The van der Waals surface area contributed by atoms with Crippen LogP contribution in [0.25, 0.3) is 0 Å². The van der Waals surface area contributed by atoms with Crippen molar-refractivity contribution >= 4 is 25.4 Å². The van der Waals surface area contributed by atoms with Gasteiger partial charge < -0.3 is 5.73 Å². The summed E-state index contributed by atoms with van der Waals surface area (Å²) in [6, 6.07) is 0. The van der Waals surface area contributed by atoms with Gasteiger partial charge in [-0.2, -0.15) is 0 Å². The highest BCUT2D eigenvalue weighted by atomic mass is 79.9. The van der Waals surface area contributed by atoms with Gasteiger partial charge >= 0.3 is 0 Å². The second-order valence-electron chi connectivity index (χ2n) is 0.641. The maximum atomic E-state index is 9.42. The average molecular weight is 172 g/mol. The third-order valence-corrected chi connectivity index (χ3v) is 0.661. The molecule has 0 aromatic heterocycles. The molecule has 0 aliphatic rings. The molecule has 6 heavy (non-hydrogen) atoms. The van der Waals surface area contributed by atoms with Crippen LogP contribution in [0.2, 0.25) is 0 Å². The molecule has 0 fully saturated rings. The first kappa shape index (κ1) is 9.74. The zero-order valence-electron chi connectivity index (χ0n) is 3.26. The normalized spacial score (nSPS) is 7.50. The highest BCUT2D eigenvalue weighted by Gasteiger charge is 1.68. The summed E-state index contributed by atoms with van der Waals surface area (Å²) in [6.07, 6.45) is 0.583. The Morgan fingerprint density at radius 3 is 2.17 bits per heavy atom. The molecule has 0 heterocycles. The Hall–Kier alpha value is 0.540. The first-order valence-corrected chi connectivity index (χ1v) is 2.40. The second kappa shape index (κ2) is 9.11. The van der Waals surface area contributed by atoms with Gasteiger partial charge in [0.15, 0.2) is 8.46 Å². The molecule has 0 aromatic rings. The van der Waals surface area contributed by atoms with Crippen LogP contribution in [0.4, 0.5) is 0 Å². The molecule has 0 aromatic carbocycles. The molecule has 0 rings (SSSR count). The first-order valence-electron chi connectivity index (χ1n) is 1.41. The smallest absolute Gasteiger partial charge is 0.156 e. The molecule has 38 valence electrons. The zero-order valence-corrected chi connectivity index (χ0v) is 5.86. The topological polar surface area (TPSA) is 43.1 Å². The van der Waals surface area contributed by atoms with Crippen LogP contribution in [0.5, 0.6) is 0 Å². The van der Waals surface area contributed by atoms with E-state index in [9.17, 15) is 4.57 Å². The maximum Gasteiger partial charge on any atom is 0.156 e. The summed E-state index contributed by atoms with van der Waals surface area (Å²) in [6.45, 7) is 0.519. The van der Waals surface area contributed by atoms with Gasteiger partial charge in [-0.1, -0.05) is 0 Å². The van der Waals surface area contributed by atoms with Gasteiger partial charge in [-0.3, -0.25) is 4.57 Å². The summed E-state index contributed by atoms with van der Waals surface area (Å²) < 4.78 is 9.42. The third-order valence-electron chi connectivity index (χ3n) is 0.220. The molecule has 0 aliphatic heterocycles. The van der Waals surface area contributed by atoms with Gasteiger partial charge in [0, 0.05) is 12.7 Å². The van der Waals surface area contributed by atoms with Gasteiger partial charge in [0.25, 0.3) is 0 Å². The molecule has 2 N–H and O–H groups in total. The van der Waals surface area contributed by atoms with E-state index >= 15 is 0 Å². The van der Waals surface area contributed by atoms with Crippen molar-refractivity contribution in [2.45, 2.75) is 0 Å². The van der Waals surface area contributed by atoms with E-state index in [1.807, 2.05) is 0 Å². The predicted molar refractivity (Wildman–Crippen MR) is 31.8 cm³/mol. The van der Waals surface area contributed by atoms with Gasteiger partial charge in [0.1, 0.15) is 0 Å². The Bertz CT molecular complexity index is 34.7. The summed E-state index contributed by atoms with van der Waals surface area (Å²) in [5.41, 5.74) is 4.93. The minimum Gasteiger partial charge on any atom is -0.330 e. The van der Waals surface area contributed by atoms with Crippen molar-refractivity contribution in [1.82, 2.24) is 0 Å². The molecule has 0 atom stereocenters. The summed E-state index contributed by atoms with van der Waals surface area (Å²) in [5, 5.41) is 0. The minimum atomic E-state index is 0. The molecule has 0 amide bonds. The Kier molecular flexibility index (Phi) is 14.8. The monoisotopic (exact) mass is 171 g/mol. The first-order chi connectivity index (χ1) is 2.41. The quantitative estimate of drug-likeness (QED) is 0.626. The van der Waals surface area contributed by atoms with Crippen LogP contribution in [-0.2, 0) is 4.57 Å². The zero-order chi connectivity index (χ0) is 4.12. The largest absolute Gasteiger partial charge is 0.330 e. The molecule has 0 bridgehead atoms. The van der Waals surface area contributed by atoms with E-state index in [-0.39, 0.29) is 25.4 Å². The molecule has 0 radical (unpaired) electrons. The molecule has 0 saturated heterocycles. The Balaban J connectivity index is 0. The van der Waals surface area contributed by atoms with Crippen LogP contribution >= 0.6 is 25.4 Å². The van der Waals surface area contributed by atoms with E-state index in [0.29, 0.717) is 12.7 Å². The van der Waals surface area contributed by atoms with Crippen LogP contribution in [0.15, 0.2) is 0 Å². The molecule has 0 spiro atoms. The summed E-state index contributed by atoms with van der Waals surface area (Å²) in [7, 11) is 0.155. The van der Waals surface area contributed by atoms with Crippen LogP contribution in [0.3, 0.4) is 0 Å². The number of hydrogen-bond acceptors (Lipinski definition) is 2. The molecular weight excluding hydrogens is 165 g/mol. The van der Waals surface area contributed by atoms with Crippen molar-refractivity contribution in [3.8, 4) is 0 Å². The van der Waals surface area contributed by atoms with Gasteiger partial charge in [-0.25, -0.2) is 0 Å². The molecular formula is C2H7BrNOP. The number of halogens is 1. The van der Waals surface area contributed by atoms with Crippen molar-refractivity contribution < 1.29 is 4.57 Å². The van der Waals surface area contributed by atoms with Crippen LogP contribution in [0, 0.1) is 0 Å². The standard InChI is InChI=1S/C2H6NOP.BrH/c3-1-2-5-4;/h1-3H2;1H. The predicted octanol–water partition coefficient (Wildman–Crippen LogP) is 0.815. The van der Waals surface area contributed by atoms with Gasteiger partial charge in [-0.05, 0) is 0 Å². The molecule has 0 aliphatic carbocycles. The van der Waals surface area contributed by atoms with Crippen molar-refractivity contribution in [1.29, 1.82) is 0 Å². The highest BCUT2D eigenvalue weighted by Crippen LogP contribution is 1.82. The fourth-order valence-corrected chi connectivity index (χ4v) is 0.158. The average Bonchev–Trinajstić information content (AvgIpc) is 1.41. The third kappa shape index (κ3) is 8.82. The lowest BCUT2D eigenvalue weighted by Crippen LogP contribution is -1.97.